The smallest absolute Gasteiger partial charge is 0.262 e. The van der Waals surface area contributed by atoms with Crippen molar-refractivity contribution in [3.8, 4) is 5.75 Å². The van der Waals surface area contributed by atoms with Gasteiger partial charge in [-0.15, -0.1) is 11.3 Å². The first kappa shape index (κ1) is 19.3. The lowest BCUT2D eigenvalue weighted by Gasteiger charge is -2.17. The van der Waals surface area contributed by atoms with Gasteiger partial charge in [0.05, 0.1) is 25.0 Å². The van der Waals surface area contributed by atoms with Crippen LogP contribution in [-0.4, -0.2) is 28.8 Å². The summed E-state index contributed by atoms with van der Waals surface area (Å²) >= 11 is 1.60. The summed E-state index contributed by atoms with van der Waals surface area (Å²) in [6.07, 6.45) is 5.96. The van der Waals surface area contributed by atoms with Gasteiger partial charge in [0, 0.05) is 4.88 Å². The predicted molar refractivity (Wildman–Crippen MR) is 114 cm³/mol. The van der Waals surface area contributed by atoms with Crippen LogP contribution in [0.5, 0.6) is 5.75 Å². The average Bonchev–Trinajstić information content (AvgIpc) is 3.09. The third-order valence-corrected chi connectivity index (χ3v) is 6.28. The molecule has 1 aliphatic rings. The standard InChI is InChI=1S/C21H22N4O3S/c1-13-3-8-16-17(9-13)29-20-19(16)21(27)25(12-22-20)11-18(26)24-23-10-14-4-6-15(28-2)7-5-14/h4-7,10,12-13H,3,8-9,11H2,1-2H3,(H,24,26)/t13-/m0/s1. The molecular weight excluding hydrogens is 388 g/mol. The molecule has 2 aromatic heterocycles. The van der Waals surface area contributed by atoms with Gasteiger partial charge < -0.3 is 4.74 Å². The van der Waals surface area contributed by atoms with Crippen molar-refractivity contribution in [2.45, 2.75) is 32.7 Å². The van der Waals surface area contributed by atoms with Gasteiger partial charge in [-0.05, 0) is 60.6 Å². The number of ether oxygens (including phenoxy) is 1. The monoisotopic (exact) mass is 410 g/mol. The van der Waals surface area contributed by atoms with E-state index in [1.54, 1.807) is 18.4 Å². The highest BCUT2D eigenvalue weighted by atomic mass is 32.1. The topological polar surface area (TPSA) is 85.6 Å². The lowest BCUT2D eigenvalue weighted by atomic mass is 9.89. The minimum absolute atomic E-state index is 0.122. The lowest BCUT2D eigenvalue weighted by Crippen LogP contribution is -2.30. The maximum absolute atomic E-state index is 12.9. The molecule has 8 heteroatoms. The number of hydrogen-bond donors (Lipinski definition) is 1. The minimum atomic E-state index is -0.379. The number of hydrazone groups is 1. The van der Waals surface area contributed by atoms with Crippen molar-refractivity contribution in [1.29, 1.82) is 0 Å². The number of carbonyl (C=O) groups excluding carboxylic acids is 1. The predicted octanol–water partition coefficient (Wildman–Crippen LogP) is 2.74. The fourth-order valence-electron chi connectivity index (χ4n) is 3.54. The number of methoxy groups -OCH3 is 1. The fourth-order valence-corrected chi connectivity index (χ4v) is 4.88. The minimum Gasteiger partial charge on any atom is -0.497 e. The number of fused-ring (bicyclic) bond motifs is 3. The summed E-state index contributed by atoms with van der Waals surface area (Å²) in [5.74, 6) is 1.00. The number of nitrogens with one attached hydrogen (secondary N) is 1. The molecule has 1 N–H and O–H groups in total. The first-order chi connectivity index (χ1) is 14.0. The van der Waals surface area contributed by atoms with E-state index in [4.69, 9.17) is 4.74 Å². The van der Waals surface area contributed by atoms with E-state index >= 15 is 0 Å². The lowest BCUT2D eigenvalue weighted by molar-refractivity contribution is -0.121. The molecule has 0 fully saturated rings. The van der Waals surface area contributed by atoms with Crippen LogP contribution in [0, 0.1) is 5.92 Å². The zero-order valence-corrected chi connectivity index (χ0v) is 17.2. The molecule has 150 valence electrons. The Kier molecular flexibility index (Phi) is 5.44. The summed E-state index contributed by atoms with van der Waals surface area (Å²) < 4.78 is 6.45. The molecule has 7 nitrogen and oxygen atoms in total. The van der Waals surface area contributed by atoms with Crippen LogP contribution < -0.4 is 15.7 Å². The van der Waals surface area contributed by atoms with Crippen molar-refractivity contribution < 1.29 is 9.53 Å². The van der Waals surface area contributed by atoms with Crippen LogP contribution in [0.25, 0.3) is 10.2 Å². The van der Waals surface area contributed by atoms with E-state index in [9.17, 15) is 9.59 Å². The maximum atomic E-state index is 12.9. The van der Waals surface area contributed by atoms with Crippen LogP contribution in [0.3, 0.4) is 0 Å². The first-order valence-electron chi connectivity index (χ1n) is 9.51. The number of aryl methyl sites for hydroxylation is 1. The number of hydrogen-bond acceptors (Lipinski definition) is 6. The molecule has 4 rings (SSSR count). The van der Waals surface area contributed by atoms with E-state index in [0.29, 0.717) is 11.3 Å². The highest BCUT2D eigenvalue weighted by Gasteiger charge is 2.23. The molecule has 1 atom stereocenters. The van der Waals surface area contributed by atoms with Crippen molar-refractivity contribution in [2.75, 3.05) is 7.11 Å². The summed E-state index contributed by atoms with van der Waals surface area (Å²) in [4.78, 5) is 31.6. The molecule has 1 aromatic carbocycles. The molecule has 0 bridgehead atoms. The largest absolute Gasteiger partial charge is 0.497 e. The summed E-state index contributed by atoms with van der Waals surface area (Å²) in [7, 11) is 1.60. The number of nitrogens with zero attached hydrogens (tertiary/aromatic N) is 3. The van der Waals surface area contributed by atoms with Crippen LogP contribution in [-0.2, 0) is 24.2 Å². The van der Waals surface area contributed by atoms with Crippen molar-refractivity contribution in [3.63, 3.8) is 0 Å². The zero-order valence-electron chi connectivity index (χ0n) is 16.3. The van der Waals surface area contributed by atoms with E-state index in [2.05, 4.69) is 22.4 Å². The van der Waals surface area contributed by atoms with Crippen LogP contribution in [0.4, 0.5) is 0 Å². The van der Waals surface area contributed by atoms with Crippen molar-refractivity contribution in [1.82, 2.24) is 15.0 Å². The first-order valence-corrected chi connectivity index (χ1v) is 10.3. The van der Waals surface area contributed by atoms with Crippen molar-refractivity contribution in [3.05, 3.63) is 57.0 Å². The Hall–Kier alpha value is -3.00. The van der Waals surface area contributed by atoms with Gasteiger partial charge >= 0.3 is 0 Å². The third kappa shape index (κ3) is 4.07. The number of amides is 1. The summed E-state index contributed by atoms with van der Waals surface area (Å²) in [5.41, 5.74) is 4.25. The molecule has 1 aliphatic carbocycles. The Bertz CT molecular complexity index is 1130. The average molecular weight is 410 g/mol. The molecule has 0 saturated carbocycles. The zero-order chi connectivity index (χ0) is 20.4. The van der Waals surface area contributed by atoms with Gasteiger partial charge in [0.2, 0.25) is 0 Å². The van der Waals surface area contributed by atoms with Gasteiger partial charge in [0.1, 0.15) is 17.1 Å². The summed E-state index contributed by atoms with van der Waals surface area (Å²) in [5, 5.41) is 4.63. The van der Waals surface area contributed by atoms with Crippen LogP contribution in [0.1, 0.15) is 29.3 Å². The van der Waals surface area contributed by atoms with E-state index in [0.717, 1.165) is 41.0 Å². The number of rotatable bonds is 5. The second-order valence-electron chi connectivity index (χ2n) is 7.28. The normalized spacial score (nSPS) is 16.1. The molecule has 0 radical (unpaired) electrons. The Morgan fingerprint density at radius 1 is 1.41 bits per heavy atom. The summed E-state index contributed by atoms with van der Waals surface area (Å²) in [6, 6.07) is 7.28. The Labute approximate surface area is 172 Å². The Balaban J connectivity index is 1.47. The van der Waals surface area contributed by atoms with E-state index in [1.165, 1.54) is 22.0 Å². The van der Waals surface area contributed by atoms with Gasteiger partial charge in [0.25, 0.3) is 11.5 Å². The van der Waals surface area contributed by atoms with Gasteiger partial charge in [-0.25, -0.2) is 10.4 Å². The molecule has 0 unspecified atom stereocenters. The van der Waals surface area contributed by atoms with Gasteiger partial charge in [0.15, 0.2) is 0 Å². The van der Waals surface area contributed by atoms with Crippen molar-refractivity contribution in [2.24, 2.45) is 11.0 Å². The highest BCUT2D eigenvalue weighted by Crippen LogP contribution is 2.35. The molecule has 3 aromatic rings. The number of thiophene rings is 1. The van der Waals surface area contributed by atoms with Crippen LogP contribution in [0.2, 0.25) is 0 Å². The highest BCUT2D eigenvalue weighted by molar-refractivity contribution is 7.18. The Morgan fingerprint density at radius 3 is 2.97 bits per heavy atom. The van der Waals surface area contributed by atoms with E-state index < -0.39 is 0 Å². The third-order valence-electron chi connectivity index (χ3n) is 5.11. The van der Waals surface area contributed by atoms with Crippen LogP contribution >= 0.6 is 11.3 Å². The maximum Gasteiger partial charge on any atom is 0.262 e. The molecule has 0 saturated heterocycles. The quantitative estimate of drug-likeness (QED) is 0.518. The van der Waals surface area contributed by atoms with Gasteiger partial charge in [-0.1, -0.05) is 6.92 Å². The van der Waals surface area contributed by atoms with Crippen LogP contribution in [0.15, 0.2) is 40.5 Å². The Morgan fingerprint density at radius 2 is 2.21 bits per heavy atom. The molecule has 2 heterocycles. The van der Waals surface area contributed by atoms with E-state index in [-0.39, 0.29) is 18.0 Å². The number of carbonyl (C=O) groups is 1. The summed E-state index contributed by atoms with van der Waals surface area (Å²) in [6.45, 7) is 2.11. The molecular formula is C21H22N4O3S. The number of aromatic nitrogens is 2. The molecule has 1 amide bonds. The molecule has 29 heavy (non-hydrogen) atoms. The SMILES string of the molecule is COc1ccc(C=NNC(=O)Cn2cnc3sc4c(c3c2=O)CC[C@H](C)C4)cc1. The van der Waals surface area contributed by atoms with E-state index in [1.807, 2.05) is 24.3 Å². The van der Waals surface area contributed by atoms with Gasteiger partial charge in [-0.3, -0.25) is 14.2 Å². The second-order valence-corrected chi connectivity index (χ2v) is 8.36. The van der Waals surface area contributed by atoms with Crippen molar-refractivity contribution >= 4 is 33.7 Å². The van der Waals surface area contributed by atoms with Gasteiger partial charge in [-0.2, -0.15) is 5.10 Å². The molecule has 0 aliphatic heterocycles. The number of benzene rings is 1. The molecule has 0 spiro atoms. The fraction of sp³-hybridized carbons (Fsp3) is 0.333. The second kappa shape index (κ2) is 8.16.